The van der Waals surface area contributed by atoms with E-state index in [1.54, 1.807) is 10.5 Å². The Morgan fingerprint density at radius 1 is 1.28 bits per heavy atom. The zero-order valence-corrected chi connectivity index (χ0v) is 18.9. The van der Waals surface area contributed by atoms with Crippen molar-refractivity contribution < 1.29 is 8.42 Å². The van der Waals surface area contributed by atoms with Crippen LogP contribution in [0.3, 0.4) is 0 Å². The standard InChI is InChI=1S/C22H27N7O2S/c1-2-3-8-32(30,31)28-12-16-9-22(5-6-23,10-17(16)13-28)29-14-18(11-27-29)20-19-4-7-24-21(19)26-15-25-20/h4,7,11,14-17H,2-3,5,8-10,12-13H2,1H3,(H,24,25,26)/t16-,17+,22?. The lowest BCUT2D eigenvalue weighted by Crippen LogP contribution is -2.36. The van der Waals surface area contributed by atoms with E-state index in [2.05, 4.69) is 26.1 Å². The van der Waals surface area contributed by atoms with E-state index in [-0.39, 0.29) is 17.6 Å². The summed E-state index contributed by atoms with van der Waals surface area (Å²) in [6.45, 7) is 3.10. The van der Waals surface area contributed by atoms with Gasteiger partial charge in [0, 0.05) is 36.4 Å². The van der Waals surface area contributed by atoms with Gasteiger partial charge in [-0.1, -0.05) is 13.3 Å². The molecule has 32 heavy (non-hydrogen) atoms. The van der Waals surface area contributed by atoms with Crippen LogP contribution in [0.4, 0.5) is 0 Å². The molecule has 1 saturated carbocycles. The van der Waals surface area contributed by atoms with Crippen molar-refractivity contribution in [2.75, 3.05) is 18.8 Å². The van der Waals surface area contributed by atoms with Gasteiger partial charge in [-0.05, 0) is 37.2 Å². The van der Waals surface area contributed by atoms with Crippen LogP contribution in [0, 0.1) is 23.2 Å². The molecule has 9 nitrogen and oxygen atoms in total. The average molecular weight is 454 g/mol. The second kappa shape index (κ2) is 7.98. The number of nitrogens with zero attached hydrogens (tertiary/aromatic N) is 6. The summed E-state index contributed by atoms with van der Waals surface area (Å²) >= 11 is 0. The van der Waals surface area contributed by atoms with Gasteiger partial charge >= 0.3 is 0 Å². The fraction of sp³-hybridized carbons (Fsp3) is 0.545. The Hall–Kier alpha value is -2.77. The topological polar surface area (TPSA) is 121 Å². The lowest BCUT2D eigenvalue weighted by Gasteiger charge is -2.29. The first kappa shape index (κ1) is 21.1. The van der Waals surface area contributed by atoms with Gasteiger partial charge in [-0.2, -0.15) is 10.4 Å². The number of sulfonamides is 1. The zero-order valence-electron chi connectivity index (χ0n) is 18.1. The molecule has 1 N–H and O–H groups in total. The summed E-state index contributed by atoms with van der Waals surface area (Å²) in [7, 11) is -3.20. The van der Waals surface area contributed by atoms with Crippen molar-refractivity contribution in [3.63, 3.8) is 0 Å². The van der Waals surface area contributed by atoms with Crippen LogP contribution in [0.2, 0.25) is 0 Å². The van der Waals surface area contributed by atoms with Crippen LogP contribution >= 0.6 is 0 Å². The molecule has 1 unspecified atom stereocenters. The SMILES string of the molecule is CCCCS(=O)(=O)N1C[C@@H]2CC(CC#N)(n3cc(-c4ncnc5[nH]ccc45)cn3)C[C@@H]2C1. The Morgan fingerprint density at radius 3 is 2.78 bits per heavy atom. The fourth-order valence-electron chi connectivity index (χ4n) is 5.47. The number of nitrogens with one attached hydrogen (secondary N) is 1. The number of H-pyrrole nitrogens is 1. The van der Waals surface area contributed by atoms with Crippen LogP contribution < -0.4 is 0 Å². The quantitative estimate of drug-likeness (QED) is 0.587. The summed E-state index contributed by atoms with van der Waals surface area (Å²) in [4.78, 5) is 11.8. The van der Waals surface area contributed by atoms with E-state index in [4.69, 9.17) is 0 Å². The maximum atomic E-state index is 12.7. The molecular weight excluding hydrogens is 426 g/mol. The molecule has 3 atom stereocenters. The van der Waals surface area contributed by atoms with E-state index in [1.165, 1.54) is 6.33 Å². The highest BCUT2D eigenvalue weighted by Crippen LogP contribution is 2.50. The van der Waals surface area contributed by atoms with Crippen LogP contribution in [-0.4, -0.2) is 56.3 Å². The Bertz CT molecular complexity index is 1260. The predicted octanol–water partition coefficient (Wildman–Crippen LogP) is 2.90. The number of aromatic amines is 1. The Morgan fingerprint density at radius 2 is 2.06 bits per heavy atom. The molecule has 2 aliphatic rings. The summed E-state index contributed by atoms with van der Waals surface area (Å²) < 4.78 is 28.9. The minimum Gasteiger partial charge on any atom is -0.346 e. The van der Waals surface area contributed by atoms with E-state index in [9.17, 15) is 13.7 Å². The summed E-state index contributed by atoms with van der Waals surface area (Å²) in [6, 6.07) is 4.30. The van der Waals surface area contributed by atoms with Gasteiger partial charge in [0.2, 0.25) is 10.0 Å². The smallest absolute Gasteiger partial charge is 0.214 e. The zero-order chi connectivity index (χ0) is 22.3. The molecule has 10 heteroatoms. The van der Waals surface area contributed by atoms with E-state index >= 15 is 0 Å². The number of hydrogen-bond donors (Lipinski definition) is 1. The van der Waals surface area contributed by atoms with Crippen molar-refractivity contribution >= 4 is 21.1 Å². The number of fused-ring (bicyclic) bond motifs is 2. The third-order valence-corrected chi connectivity index (χ3v) is 8.97. The normalized spacial score (nSPS) is 25.9. The highest BCUT2D eigenvalue weighted by Gasteiger charge is 2.52. The monoisotopic (exact) mass is 453 g/mol. The van der Waals surface area contributed by atoms with Crippen LogP contribution in [0.25, 0.3) is 22.3 Å². The van der Waals surface area contributed by atoms with Crippen LogP contribution in [0.15, 0.2) is 31.0 Å². The first-order valence-electron chi connectivity index (χ1n) is 11.1. The van der Waals surface area contributed by atoms with Crippen LogP contribution in [-0.2, 0) is 15.6 Å². The molecule has 0 amide bonds. The van der Waals surface area contributed by atoms with Gasteiger partial charge in [-0.3, -0.25) is 4.68 Å². The van der Waals surface area contributed by atoms with Crippen LogP contribution in [0.1, 0.15) is 39.0 Å². The molecule has 4 heterocycles. The highest BCUT2D eigenvalue weighted by molar-refractivity contribution is 7.89. The van der Waals surface area contributed by atoms with Crippen LogP contribution in [0.5, 0.6) is 0 Å². The predicted molar refractivity (Wildman–Crippen MR) is 120 cm³/mol. The minimum absolute atomic E-state index is 0.224. The van der Waals surface area contributed by atoms with Crippen molar-refractivity contribution in [2.24, 2.45) is 11.8 Å². The number of rotatable bonds is 7. The van der Waals surface area contributed by atoms with Crippen molar-refractivity contribution in [2.45, 2.75) is 44.6 Å². The molecule has 3 aromatic rings. The van der Waals surface area contributed by atoms with Crippen molar-refractivity contribution in [1.29, 1.82) is 5.26 Å². The average Bonchev–Trinajstić information content (AvgIpc) is 3.54. The molecule has 1 aliphatic carbocycles. The van der Waals surface area contributed by atoms with Gasteiger partial charge in [-0.15, -0.1) is 0 Å². The largest absolute Gasteiger partial charge is 0.346 e. The number of hydrogen-bond acceptors (Lipinski definition) is 6. The van der Waals surface area contributed by atoms with Gasteiger partial charge < -0.3 is 4.98 Å². The summed E-state index contributed by atoms with van der Waals surface area (Å²) in [6.07, 6.45) is 10.6. The van der Waals surface area contributed by atoms with Gasteiger partial charge in [0.15, 0.2) is 0 Å². The first-order chi connectivity index (χ1) is 15.5. The summed E-state index contributed by atoms with van der Waals surface area (Å²) in [5.74, 6) is 0.729. The highest BCUT2D eigenvalue weighted by atomic mass is 32.2. The maximum Gasteiger partial charge on any atom is 0.214 e. The molecule has 168 valence electrons. The van der Waals surface area contributed by atoms with Gasteiger partial charge in [0.25, 0.3) is 0 Å². The Kier molecular flexibility index (Phi) is 5.26. The number of aromatic nitrogens is 5. The molecule has 0 bridgehead atoms. The molecule has 0 aromatic carbocycles. The van der Waals surface area contributed by atoms with Gasteiger partial charge in [-0.25, -0.2) is 22.7 Å². The number of nitriles is 1. The molecule has 3 aromatic heterocycles. The second-order valence-electron chi connectivity index (χ2n) is 9.11. The van der Waals surface area contributed by atoms with Crippen molar-refractivity contribution in [3.8, 4) is 17.3 Å². The fourth-order valence-corrected chi connectivity index (χ4v) is 7.22. The minimum atomic E-state index is -3.20. The third kappa shape index (κ3) is 3.49. The Balaban J connectivity index is 1.39. The lowest BCUT2D eigenvalue weighted by molar-refractivity contribution is 0.240. The molecule has 0 radical (unpaired) electrons. The second-order valence-corrected chi connectivity index (χ2v) is 11.2. The molecule has 0 spiro atoms. The van der Waals surface area contributed by atoms with E-state index in [0.29, 0.717) is 25.9 Å². The molecule has 1 saturated heterocycles. The van der Waals surface area contributed by atoms with Gasteiger partial charge in [0.05, 0.1) is 35.7 Å². The molecule has 2 fully saturated rings. The lowest BCUT2D eigenvalue weighted by atomic mass is 9.92. The van der Waals surface area contributed by atoms with Gasteiger partial charge in [0.1, 0.15) is 12.0 Å². The van der Waals surface area contributed by atoms with E-state index in [1.807, 2.05) is 30.1 Å². The third-order valence-electron chi connectivity index (χ3n) is 7.08. The summed E-state index contributed by atoms with van der Waals surface area (Å²) in [5, 5.41) is 15.2. The number of unbranched alkanes of at least 4 members (excludes halogenated alkanes) is 1. The molecule has 5 rings (SSSR count). The molecule has 1 aliphatic heterocycles. The maximum absolute atomic E-state index is 12.7. The van der Waals surface area contributed by atoms with E-state index in [0.717, 1.165) is 41.6 Å². The first-order valence-corrected chi connectivity index (χ1v) is 12.7. The molecular formula is C22H27N7O2S. The van der Waals surface area contributed by atoms with Crippen molar-refractivity contribution in [1.82, 2.24) is 29.0 Å². The Labute approximate surface area is 187 Å². The summed E-state index contributed by atoms with van der Waals surface area (Å²) in [5.41, 5.74) is 2.05. The van der Waals surface area contributed by atoms with E-state index < -0.39 is 15.6 Å². The van der Waals surface area contributed by atoms with Crippen molar-refractivity contribution in [3.05, 3.63) is 31.0 Å².